The number of allylic oxidation sites excluding steroid dienone is 1. The van der Waals surface area contributed by atoms with Gasteiger partial charge in [-0.1, -0.05) is 31.2 Å². The predicted octanol–water partition coefficient (Wildman–Crippen LogP) is 2.35. The molecule has 1 aromatic rings. The zero-order valence-electron chi connectivity index (χ0n) is 16.5. The van der Waals surface area contributed by atoms with Gasteiger partial charge in [0.05, 0.1) is 31.3 Å². The van der Waals surface area contributed by atoms with Crippen LogP contribution >= 0.6 is 0 Å². The number of para-hydroxylation sites is 2. The number of esters is 1. The number of carbonyl (C=O) groups is 2. The SMILES string of the molecule is CCOC(=O)[C@H]1[C@@H]2CN(CC(=O)N3CCOc4ccccc43)C[C@@H]2C=C[C@@H]1C. The summed E-state index contributed by atoms with van der Waals surface area (Å²) in [6.07, 6.45) is 4.35. The highest BCUT2D eigenvalue weighted by atomic mass is 16.5. The van der Waals surface area contributed by atoms with Crippen LogP contribution in [-0.2, 0) is 14.3 Å². The lowest BCUT2D eigenvalue weighted by molar-refractivity contribution is -0.152. The highest BCUT2D eigenvalue weighted by Gasteiger charge is 2.45. The number of fused-ring (bicyclic) bond motifs is 2. The number of hydrogen-bond donors (Lipinski definition) is 0. The number of amides is 1. The Kier molecular flexibility index (Phi) is 5.40. The molecule has 0 saturated carbocycles. The number of rotatable bonds is 4. The number of ether oxygens (including phenoxy) is 2. The van der Waals surface area contributed by atoms with Crippen LogP contribution in [0.5, 0.6) is 5.75 Å². The van der Waals surface area contributed by atoms with Crippen LogP contribution in [0.1, 0.15) is 13.8 Å². The van der Waals surface area contributed by atoms with E-state index in [0.717, 1.165) is 24.5 Å². The fourth-order valence-electron chi connectivity index (χ4n) is 4.81. The molecule has 2 aliphatic heterocycles. The minimum atomic E-state index is -0.126. The number of carbonyl (C=O) groups excluding carboxylic acids is 2. The molecule has 150 valence electrons. The molecule has 0 N–H and O–H groups in total. The van der Waals surface area contributed by atoms with Crippen LogP contribution in [0.3, 0.4) is 0 Å². The van der Waals surface area contributed by atoms with E-state index in [0.29, 0.717) is 32.2 Å². The summed E-state index contributed by atoms with van der Waals surface area (Å²) in [5, 5.41) is 0. The van der Waals surface area contributed by atoms with E-state index in [2.05, 4.69) is 24.0 Å². The maximum Gasteiger partial charge on any atom is 0.309 e. The summed E-state index contributed by atoms with van der Waals surface area (Å²) in [5.41, 5.74) is 0.841. The second kappa shape index (κ2) is 7.95. The fourth-order valence-corrected chi connectivity index (χ4v) is 4.81. The second-order valence-corrected chi connectivity index (χ2v) is 7.91. The number of likely N-dealkylation sites (tertiary alicyclic amines) is 1. The Hall–Kier alpha value is -2.34. The maximum atomic E-state index is 13.0. The molecule has 4 rings (SSSR count). The maximum absolute atomic E-state index is 13.0. The normalized spacial score (nSPS) is 29.0. The van der Waals surface area contributed by atoms with Crippen molar-refractivity contribution in [3.8, 4) is 5.75 Å². The van der Waals surface area contributed by atoms with Crippen molar-refractivity contribution in [1.82, 2.24) is 4.90 Å². The van der Waals surface area contributed by atoms with E-state index in [1.807, 2.05) is 36.1 Å². The molecular weight excluding hydrogens is 356 g/mol. The molecule has 0 aromatic heterocycles. The molecule has 0 bridgehead atoms. The van der Waals surface area contributed by atoms with Gasteiger partial charge >= 0.3 is 5.97 Å². The van der Waals surface area contributed by atoms with Crippen molar-refractivity contribution in [1.29, 1.82) is 0 Å². The van der Waals surface area contributed by atoms with Gasteiger partial charge < -0.3 is 14.4 Å². The van der Waals surface area contributed by atoms with Gasteiger partial charge in [0.2, 0.25) is 5.91 Å². The summed E-state index contributed by atoms with van der Waals surface area (Å²) in [4.78, 5) is 29.5. The lowest BCUT2D eigenvalue weighted by Crippen LogP contribution is -2.44. The minimum Gasteiger partial charge on any atom is -0.490 e. The Morgan fingerprint density at radius 3 is 2.86 bits per heavy atom. The Labute approximate surface area is 166 Å². The van der Waals surface area contributed by atoms with Crippen LogP contribution in [0.4, 0.5) is 5.69 Å². The van der Waals surface area contributed by atoms with Gasteiger partial charge in [0.1, 0.15) is 12.4 Å². The molecule has 1 amide bonds. The predicted molar refractivity (Wildman–Crippen MR) is 106 cm³/mol. The number of anilines is 1. The zero-order valence-corrected chi connectivity index (χ0v) is 16.5. The van der Waals surface area contributed by atoms with Crippen LogP contribution in [0.2, 0.25) is 0 Å². The molecule has 1 saturated heterocycles. The highest BCUT2D eigenvalue weighted by molar-refractivity contribution is 5.96. The van der Waals surface area contributed by atoms with Crippen LogP contribution < -0.4 is 9.64 Å². The van der Waals surface area contributed by atoms with Crippen molar-refractivity contribution in [3.63, 3.8) is 0 Å². The Morgan fingerprint density at radius 2 is 2.04 bits per heavy atom. The molecule has 6 nitrogen and oxygen atoms in total. The Morgan fingerprint density at radius 1 is 1.21 bits per heavy atom. The lowest BCUT2D eigenvalue weighted by atomic mass is 9.72. The monoisotopic (exact) mass is 384 g/mol. The van der Waals surface area contributed by atoms with E-state index in [4.69, 9.17) is 9.47 Å². The van der Waals surface area contributed by atoms with E-state index in [1.165, 1.54) is 0 Å². The largest absolute Gasteiger partial charge is 0.490 e. The molecule has 4 atom stereocenters. The quantitative estimate of drug-likeness (QED) is 0.589. The third kappa shape index (κ3) is 3.53. The molecule has 1 aliphatic carbocycles. The van der Waals surface area contributed by atoms with Gasteiger partial charge in [-0.2, -0.15) is 0 Å². The molecule has 0 radical (unpaired) electrons. The summed E-state index contributed by atoms with van der Waals surface area (Å²) in [7, 11) is 0. The van der Waals surface area contributed by atoms with E-state index < -0.39 is 0 Å². The summed E-state index contributed by atoms with van der Waals surface area (Å²) in [5.74, 6) is 1.29. The van der Waals surface area contributed by atoms with Crippen molar-refractivity contribution in [2.45, 2.75) is 13.8 Å². The van der Waals surface area contributed by atoms with E-state index in [9.17, 15) is 9.59 Å². The van der Waals surface area contributed by atoms with Crippen LogP contribution in [-0.4, -0.2) is 56.2 Å². The molecular formula is C22H28N2O4. The lowest BCUT2D eigenvalue weighted by Gasteiger charge is -2.32. The molecule has 1 fully saturated rings. The van der Waals surface area contributed by atoms with Crippen LogP contribution in [0.25, 0.3) is 0 Å². The van der Waals surface area contributed by atoms with Gasteiger partial charge in [-0.15, -0.1) is 0 Å². The first-order valence-corrected chi connectivity index (χ1v) is 10.2. The van der Waals surface area contributed by atoms with E-state index in [-0.39, 0.29) is 29.6 Å². The minimum absolute atomic E-state index is 0.0825. The third-order valence-electron chi connectivity index (χ3n) is 6.12. The smallest absolute Gasteiger partial charge is 0.309 e. The topological polar surface area (TPSA) is 59.1 Å². The summed E-state index contributed by atoms with van der Waals surface area (Å²) in [6, 6.07) is 7.67. The molecule has 0 unspecified atom stereocenters. The van der Waals surface area contributed by atoms with E-state index >= 15 is 0 Å². The molecule has 6 heteroatoms. The number of benzene rings is 1. The van der Waals surface area contributed by atoms with Crippen LogP contribution in [0, 0.1) is 23.7 Å². The third-order valence-corrected chi connectivity index (χ3v) is 6.12. The highest BCUT2D eigenvalue weighted by Crippen LogP contribution is 2.40. The first-order chi connectivity index (χ1) is 13.6. The van der Waals surface area contributed by atoms with Crippen molar-refractivity contribution < 1.29 is 19.1 Å². The van der Waals surface area contributed by atoms with Crippen molar-refractivity contribution in [2.24, 2.45) is 23.7 Å². The molecule has 3 aliphatic rings. The Balaban J connectivity index is 1.44. The van der Waals surface area contributed by atoms with Crippen molar-refractivity contribution >= 4 is 17.6 Å². The fraction of sp³-hybridized carbons (Fsp3) is 0.545. The first kappa shape index (κ1) is 19.0. The standard InChI is InChI=1S/C22H28N2O4/c1-3-27-22(26)21-15(2)8-9-16-12-23(13-17(16)21)14-20(25)24-10-11-28-19-7-5-4-6-18(19)24/h4-9,15-17,21H,3,10-14H2,1-2H3/t15-,16-,17+,21+/m0/s1. The van der Waals surface area contributed by atoms with E-state index in [1.54, 1.807) is 0 Å². The van der Waals surface area contributed by atoms with Gasteiger partial charge in [0, 0.05) is 13.1 Å². The van der Waals surface area contributed by atoms with Crippen LogP contribution in [0.15, 0.2) is 36.4 Å². The summed E-state index contributed by atoms with van der Waals surface area (Å²) in [6.45, 7) is 7.33. The molecule has 0 spiro atoms. The summed E-state index contributed by atoms with van der Waals surface area (Å²) >= 11 is 0. The van der Waals surface area contributed by atoms with Gasteiger partial charge in [-0.25, -0.2) is 0 Å². The number of nitrogens with zero attached hydrogens (tertiary/aromatic N) is 2. The molecule has 1 aromatic carbocycles. The van der Waals surface area contributed by atoms with Crippen molar-refractivity contribution in [3.05, 3.63) is 36.4 Å². The zero-order chi connectivity index (χ0) is 19.7. The average Bonchev–Trinajstić information content (AvgIpc) is 3.09. The number of hydrogen-bond acceptors (Lipinski definition) is 5. The average molecular weight is 384 g/mol. The summed E-state index contributed by atoms with van der Waals surface area (Å²) < 4.78 is 11.0. The van der Waals surface area contributed by atoms with Gasteiger partial charge in [-0.3, -0.25) is 14.5 Å². The first-order valence-electron chi connectivity index (χ1n) is 10.2. The molecule has 28 heavy (non-hydrogen) atoms. The van der Waals surface area contributed by atoms with Crippen molar-refractivity contribution in [2.75, 3.05) is 44.3 Å². The van der Waals surface area contributed by atoms with Gasteiger partial charge in [0.15, 0.2) is 0 Å². The Bertz CT molecular complexity index is 778. The van der Waals surface area contributed by atoms with Gasteiger partial charge in [0.25, 0.3) is 0 Å². The van der Waals surface area contributed by atoms with Gasteiger partial charge in [-0.05, 0) is 36.8 Å². The molecule has 2 heterocycles. The second-order valence-electron chi connectivity index (χ2n) is 7.91.